The second-order valence-electron chi connectivity index (χ2n) is 3.39. The number of rotatable bonds is 0. The summed E-state index contributed by atoms with van der Waals surface area (Å²) in [5.74, 6) is 0. The highest BCUT2D eigenvalue weighted by Gasteiger charge is 2.00. The maximum absolute atomic E-state index is 2.25. The lowest BCUT2D eigenvalue weighted by molar-refractivity contribution is 2.28. The van der Waals surface area contributed by atoms with E-state index in [0.717, 1.165) is 0 Å². The van der Waals surface area contributed by atoms with E-state index in [-0.39, 0.29) is 21.8 Å². The topological polar surface area (TPSA) is 0 Å². The Morgan fingerprint density at radius 2 is 0.700 bits per heavy atom. The fraction of sp³-hybridized carbons (Fsp3) is 0.143. The van der Waals surface area contributed by atoms with Gasteiger partial charge in [0.05, 0.1) is 0 Å². The van der Waals surface area contributed by atoms with E-state index in [9.17, 15) is 0 Å². The van der Waals surface area contributed by atoms with E-state index >= 15 is 0 Å². The van der Waals surface area contributed by atoms with Gasteiger partial charge in [-0.3, -0.25) is 0 Å². The highest BCUT2D eigenvalue weighted by Crippen LogP contribution is 2.16. The summed E-state index contributed by atoms with van der Waals surface area (Å²) in [6.45, 7) is 0. The average Bonchev–Trinajstić information content (AvgIpc) is 2.43. The first-order valence-electron chi connectivity index (χ1n) is 5.64. The second kappa shape index (κ2) is 13.2. The van der Waals surface area contributed by atoms with Gasteiger partial charge in [0, 0.05) is 43.4 Å². The predicted octanol–water partition coefficient (Wildman–Crippen LogP) is 6.26. The summed E-state index contributed by atoms with van der Waals surface area (Å²) in [6, 6.07) is 0. The zero-order valence-electron chi connectivity index (χ0n) is 11.4. The van der Waals surface area contributed by atoms with Gasteiger partial charge < -0.3 is 0 Å². The van der Waals surface area contributed by atoms with Crippen LogP contribution in [0.25, 0.3) is 0 Å². The van der Waals surface area contributed by atoms with Crippen molar-refractivity contribution in [3.63, 3.8) is 0 Å². The summed E-state index contributed by atoms with van der Waals surface area (Å²) < 4.78 is 0. The third kappa shape index (κ3) is 11.2. The Hall–Kier alpha value is 0.540. The quantitative estimate of drug-likeness (QED) is 0.456. The van der Waals surface area contributed by atoms with Gasteiger partial charge in [-0.1, -0.05) is 11.8 Å². The lowest BCUT2D eigenvalue weighted by Crippen LogP contribution is -1.84. The standard InChI is InChI=1S/C14H18S6/c1-19-11-7-16-5-3-15-4-6-17-8-12-20(2)14-10-18-9-13-19/h3-14H,1-2H3/q+2/b5-3-,6-4-,11-7-,12-8-,13-9-,14-10-. The Kier molecular flexibility index (Phi) is 12.3. The molecule has 2 atom stereocenters. The highest BCUT2D eigenvalue weighted by molar-refractivity contribution is 8.11. The SMILES string of the molecule is C[S+]1/C=C\S/C=C\S/C=C\S/C=C\[S+](C)/C=C\S/C=C\1. The van der Waals surface area contributed by atoms with E-state index in [1.54, 1.807) is 47.0 Å². The van der Waals surface area contributed by atoms with Crippen LogP contribution in [0.1, 0.15) is 0 Å². The van der Waals surface area contributed by atoms with Gasteiger partial charge in [0.2, 0.25) is 0 Å². The molecular formula is C14H18S6+2. The van der Waals surface area contributed by atoms with Gasteiger partial charge in [0.15, 0.2) is 0 Å². The fourth-order valence-electron chi connectivity index (χ4n) is 0.879. The fourth-order valence-corrected chi connectivity index (χ4v) is 6.28. The minimum atomic E-state index is 0.210. The summed E-state index contributed by atoms with van der Waals surface area (Å²) in [5, 5.41) is 26.0. The van der Waals surface area contributed by atoms with Crippen LogP contribution in [0.3, 0.4) is 0 Å². The van der Waals surface area contributed by atoms with Crippen molar-refractivity contribution in [2.24, 2.45) is 0 Å². The Morgan fingerprint density at radius 1 is 0.450 bits per heavy atom. The smallest absolute Gasteiger partial charge is 0.105 e. The van der Waals surface area contributed by atoms with Crippen LogP contribution >= 0.6 is 47.0 Å². The molecule has 108 valence electrons. The first kappa shape index (κ1) is 18.6. The Bertz CT molecular complexity index is 381. The van der Waals surface area contributed by atoms with Gasteiger partial charge in [0.25, 0.3) is 0 Å². The van der Waals surface area contributed by atoms with E-state index in [0.29, 0.717) is 0 Å². The number of hydrogen-bond acceptors (Lipinski definition) is 4. The molecule has 0 fully saturated rings. The van der Waals surface area contributed by atoms with E-state index in [2.05, 4.69) is 77.4 Å². The van der Waals surface area contributed by atoms with Crippen LogP contribution < -0.4 is 0 Å². The third-order valence-corrected chi connectivity index (χ3v) is 7.46. The van der Waals surface area contributed by atoms with Gasteiger partial charge in [-0.15, -0.1) is 35.3 Å². The molecule has 1 aliphatic heterocycles. The second-order valence-corrected chi connectivity index (χ2v) is 10.2. The molecule has 0 saturated carbocycles. The molecule has 0 aromatic rings. The van der Waals surface area contributed by atoms with E-state index in [4.69, 9.17) is 0 Å². The van der Waals surface area contributed by atoms with Crippen molar-refractivity contribution in [3.8, 4) is 0 Å². The highest BCUT2D eigenvalue weighted by atomic mass is 32.2. The summed E-state index contributed by atoms with van der Waals surface area (Å²) in [5.41, 5.74) is 0. The van der Waals surface area contributed by atoms with Gasteiger partial charge in [-0.05, 0) is 21.6 Å². The average molecular weight is 379 g/mol. The molecule has 0 saturated heterocycles. The molecule has 1 aliphatic rings. The molecule has 0 aromatic heterocycles. The Labute approximate surface area is 145 Å². The van der Waals surface area contributed by atoms with E-state index < -0.39 is 0 Å². The molecular weight excluding hydrogens is 361 g/mol. The molecule has 20 heavy (non-hydrogen) atoms. The molecule has 0 amide bonds. The minimum absolute atomic E-state index is 0.210. The minimum Gasteiger partial charge on any atom is -0.105 e. The molecule has 6 heteroatoms. The van der Waals surface area contributed by atoms with E-state index in [1.165, 1.54) is 0 Å². The molecule has 1 heterocycles. The zero-order chi connectivity index (χ0) is 14.5. The largest absolute Gasteiger partial charge is 0.130 e. The van der Waals surface area contributed by atoms with Crippen molar-refractivity contribution < 1.29 is 0 Å². The first-order chi connectivity index (χ1) is 9.79. The molecule has 0 nitrogen and oxygen atoms in total. The summed E-state index contributed by atoms with van der Waals surface area (Å²) in [7, 11) is 0.420. The molecule has 0 N–H and O–H groups in total. The Balaban J connectivity index is 2.58. The van der Waals surface area contributed by atoms with Crippen molar-refractivity contribution in [2.45, 2.75) is 0 Å². The number of thioether (sulfide) groups is 4. The van der Waals surface area contributed by atoms with Gasteiger partial charge in [-0.25, -0.2) is 0 Å². The zero-order valence-corrected chi connectivity index (χ0v) is 16.3. The van der Waals surface area contributed by atoms with Crippen molar-refractivity contribution in [1.82, 2.24) is 0 Å². The lowest BCUT2D eigenvalue weighted by atomic mass is 11.2. The third-order valence-electron chi connectivity index (χ3n) is 1.82. The van der Waals surface area contributed by atoms with Crippen LogP contribution in [-0.4, -0.2) is 12.5 Å². The monoisotopic (exact) mass is 378 g/mol. The van der Waals surface area contributed by atoms with Crippen LogP contribution in [0.2, 0.25) is 0 Å². The molecule has 0 radical (unpaired) electrons. The normalized spacial score (nSPS) is 35.1. The van der Waals surface area contributed by atoms with Gasteiger partial charge in [0.1, 0.15) is 34.1 Å². The van der Waals surface area contributed by atoms with Crippen molar-refractivity contribution in [1.29, 1.82) is 0 Å². The van der Waals surface area contributed by atoms with Crippen LogP contribution in [0, 0.1) is 0 Å². The van der Waals surface area contributed by atoms with Crippen LogP contribution in [-0.2, 0) is 21.8 Å². The molecule has 0 spiro atoms. The first-order valence-corrected chi connectivity index (χ1v) is 12.9. The van der Waals surface area contributed by atoms with Crippen LogP contribution in [0.15, 0.2) is 64.9 Å². The molecule has 0 aromatic carbocycles. The molecule has 0 aliphatic carbocycles. The predicted molar refractivity (Wildman–Crippen MR) is 112 cm³/mol. The molecule has 0 bridgehead atoms. The Morgan fingerprint density at radius 3 is 1.05 bits per heavy atom. The van der Waals surface area contributed by atoms with E-state index in [1.807, 2.05) is 0 Å². The number of hydrogen-bond donors (Lipinski definition) is 0. The lowest BCUT2D eigenvalue weighted by Gasteiger charge is -1.88. The maximum atomic E-state index is 2.25. The van der Waals surface area contributed by atoms with Crippen molar-refractivity contribution in [2.75, 3.05) is 12.5 Å². The van der Waals surface area contributed by atoms with Gasteiger partial charge in [-0.2, -0.15) is 0 Å². The summed E-state index contributed by atoms with van der Waals surface area (Å²) in [6.07, 6.45) is 4.45. The molecule has 2 unspecified atom stereocenters. The summed E-state index contributed by atoms with van der Waals surface area (Å²) >= 11 is 6.88. The van der Waals surface area contributed by atoms with Crippen molar-refractivity contribution >= 4 is 68.8 Å². The van der Waals surface area contributed by atoms with Crippen LogP contribution in [0.4, 0.5) is 0 Å². The summed E-state index contributed by atoms with van der Waals surface area (Å²) in [4.78, 5) is 0. The molecule has 1 rings (SSSR count). The van der Waals surface area contributed by atoms with Crippen LogP contribution in [0.5, 0.6) is 0 Å². The maximum Gasteiger partial charge on any atom is 0.130 e. The van der Waals surface area contributed by atoms with Gasteiger partial charge >= 0.3 is 0 Å². The van der Waals surface area contributed by atoms with Crippen molar-refractivity contribution in [3.05, 3.63) is 64.9 Å².